The highest BCUT2D eigenvalue weighted by molar-refractivity contribution is 5.92. The van der Waals surface area contributed by atoms with Gasteiger partial charge >= 0.3 is 0 Å². The number of para-hydroxylation sites is 1. The number of carbonyl (C=O) groups excluding carboxylic acids is 1. The van der Waals surface area contributed by atoms with Crippen LogP contribution in [0.2, 0.25) is 0 Å². The summed E-state index contributed by atoms with van der Waals surface area (Å²) in [4.78, 5) is 20.0. The molecular weight excluding hydrogens is 362 g/mol. The number of amides is 1. The van der Waals surface area contributed by atoms with Gasteiger partial charge in [-0.1, -0.05) is 24.3 Å². The highest BCUT2D eigenvalue weighted by atomic mass is 16.2. The lowest BCUT2D eigenvalue weighted by molar-refractivity contribution is 0.0635. The number of hydrogen-bond donors (Lipinski definition) is 1. The number of aromatic nitrogens is 3. The van der Waals surface area contributed by atoms with Gasteiger partial charge in [0.2, 0.25) is 0 Å². The van der Waals surface area contributed by atoms with Crippen molar-refractivity contribution in [3.63, 3.8) is 0 Å². The number of hydrogen-bond acceptors (Lipinski definition) is 4. The molecule has 1 atom stereocenters. The molecule has 0 radical (unpaired) electrons. The molecule has 6 heteroatoms. The Morgan fingerprint density at radius 2 is 1.97 bits per heavy atom. The first kappa shape index (κ1) is 19.3. The standard InChI is InChI=1S/C23H27N5O/c1-18-16-22(26-28(18)21-9-3-2-4-10-21)23(29)27(17-19-8-5-6-14-25-19)20-11-7-13-24-15-12-20/h2-6,8-10,14,16,20,24H,7,11-13,15,17H2,1H3. The van der Waals surface area contributed by atoms with E-state index in [4.69, 9.17) is 0 Å². The van der Waals surface area contributed by atoms with Gasteiger partial charge in [0.1, 0.15) is 0 Å². The van der Waals surface area contributed by atoms with Crippen LogP contribution in [0.25, 0.3) is 5.69 Å². The summed E-state index contributed by atoms with van der Waals surface area (Å²) in [6.45, 7) is 4.41. The van der Waals surface area contributed by atoms with E-state index in [0.717, 1.165) is 49.4 Å². The van der Waals surface area contributed by atoms with Crippen molar-refractivity contribution < 1.29 is 4.79 Å². The van der Waals surface area contributed by atoms with Gasteiger partial charge in [-0.25, -0.2) is 4.68 Å². The summed E-state index contributed by atoms with van der Waals surface area (Å²) in [5.74, 6) is -0.0275. The molecule has 4 rings (SSSR count). The Balaban J connectivity index is 1.64. The van der Waals surface area contributed by atoms with Crippen LogP contribution in [0.15, 0.2) is 60.8 Å². The van der Waals surface area contributed by atoms with Crippen LogP contribution in [0.5, 0.6) is 0 Å². The van der Waals surface area contributed by atoms with Crippen LogP contribution in [0, 0.1) is 6.92 Å². The maximum atomic E-state index is 13.6. The minimum absolute atomic E-state index is 0.0275. The fourth-order valence-electron chi connectivity index (χ4n) is 3.90. The average Bonchev–Trinajstić information content (AvgIpc) is 2.97. The molecule has 1 unspecified atom stereocenters. The second-order valence-corrected chi connectivity index (χ2v) is 7.51. The number of nitrogens with zero attached hydrogens (tertiary/aromatic N) is 4. The van der Waals surface area contributed by atoms with Gasteiger partial charge < -0.3 is 10.2 Å². The van der Waals surface area contributed by atoms with Gasteiger partial charge in [0.25, 0.3) is 5.91 Å². The van der Waals surface area contributed by atoms with Crippen LogP contribution in [0.1, 0.15) is 41.1 Å². The summed E-state index contributed by atoms with van der Waals surface area (Å²) in [6.07, 6.45) is 4.77. The number of carbonyl (C=O) groups is 1. The summed E-state index contributed by atoms with van der Waals surface area (Å²) in [5.41, 5.74) is 3.29. The first-order chi connectivity index (χ1) is 14.2. The van der Waals surface area contributed by atoms with Crippen molar-refractivity contribution in [3.05, 3.63) is 77.9 Å². The fourth-order valence-corrected chi connectivity index (χ4v) is 3.90. The van der Waals surface area contributed by atoms with Gasteiger partial charge in [-0.15, -0.1) is 0 Å². The largest absolute Gasteiger partial charge is 0.328 e. The van der Waals surface area contributed by atoms with Crippen molar-refractivity contribution >= 4 is 5.91 Å². The first-order valence-corrected chi connectivity index (χ1v) is 10.3. The van der Waals surface area contributed by atoms with E-state index < -0.39 is 0 Å². The van der Waals surface area contributed by atoms with E-state index >= 15 is 0 Å². The third kappa shape index (κ3) is 4.54. The molecule has 1 aromatic carbocycles. The molecule has 3 heterocycles. The molecule has 0 spiro atoms. The lowest BCUT2D eigenvalue weighted by atomic mass is 10.1. The molecule has 150 valence electrons. The lowest BCUT2D eigenvalue weighted by Crippen LogP contribution is -2.40. The maximum Gasteiger partial charge on any atom is 0.274 e. The molecule has 3 aromatic rings. The molecule has 1 N–H and O–H groups in total. The van der Waals surface area contributed by atoms with Crippen LogP contribution >= 0.6 is 0 Å². The molecule has 1 aliphatic rings. The molecule has 2 aromatic heterocycles. The second kappa shape index (κ2) is 9.01. The highest BCUT2D eigenvalue weighted by Gasteiger charge is 2.28. The molecule has 0 aliphatic carbocycles. The maximum absolute atomic E-state index is 13.6. The van der Waals surface area contributed by atoms with E-state index in [1.165, 1.54) is 0 Å². The molecule has 29 heavy (non-hydrogen) atoms. The highest BCUT2D eigenvalue weighted by Crippen LogP contribution is 2.20. The minimum Gasteiger partial charge on any atom is -0.328 e. The number of pyridine rings is 1. The summed E-state index contributed by atoms with van der Waals surface area (Å²) >= 11 is 0. The molecular formula is C23H27N5O. The fraction of sp³-hybridized carbons (Fsp3) is 0.348. The summed E-state index contributed by atoms with van der Waals surface area (Å²) in [5, 5.41) is 8.09. The quantitative estimate of drug-likeness (QED) is 0.727. The number of rotatable bonds is 5. The van der Waals surface area contributed by atoms with Crippen LogP contribution in [-0.4, -0.2) is 44.7 Å². The Kier molecular flexibility index (Phi) is 6.00. The van der Waals surface area contributed by atoms with E-state index in [1.807, 2.05) is 71.1 Å². The summed E-state index contributed by atoms with van der Waals surface area (Å²) < 4.78 is 1.83. The molecule has 0 saturated carbocycles. The second-order valence-electron chi connectivity index (χ2n) is 7.51. The van der Waals surface area contributed by atoms with E-state index in [9.17, 15) is 4.79 Å². The van der Waals surface area contributed by atoms with Crippen LogP contribution in [0.3, 0.4) is 0 Å². The zero-order chi connectivity index (χ0) is 20.1. The van der Waals surface area contributed by atoms with E-state index in [-0.39, 0.29) is 11.9 Å². The third-order valence-corrected chi connectivity index (χ3v) is 5.41. The van der Waals surface area contributed by atoms with Crippen LogP contribution < -0.4 is 5.32 Å². The Bertz CT molecular complexity index is 930. The van der Waals surface area contributed by atoms with Gasteiger partial charge in [0.15, 0.2) is 5.69 Å². The predicted molar refractivity (Wildman–Crippen MR) is 113 cm³/mol. The van der Waals surface area contributed by atoms with E-state index in [2.05, 4.69) is 15.4 Å². The van der Waals surface area contributed by atoms with Crippen molar-refractivity contribution in [2.24, 2.45) is 0 Å². The minimum atomic E-state index is -0.0275. The molecule has 1 amide bonds. The number of aryl methyl sites for hydroxylation is 1. The van der Waals surface area contributed by atoms with Gasteiger partial charge in [-0.05, 0) is 69.6 Å². The molecule has 0 bridgehead atoms. The van der Waals surface area contributed by atoms with Gasteiger partial charge in [0, 0.05) is 17.9 Å². The van der Waals surface area contributed by atoms with Crippen molar-refractivity contribution in [3.8, 4) is 5.69 Å². The van der Waals surface area contributed by atoms with Gasteiger partial charge in [-0.2, -0.15) is 5.10 Å². The lowest BCUT2D eigenvalue weighted by Gasteiger charge is -2.30. The van der Waals surface area contributed by atoms with Crippen molar-refractivity contribution in [1.82, 2.24) is 25.0 Å². The van der Waals surface area contributed by atoms with E-state index in [1.54, 1.807) is 6.20 Å². The monoisotopic (exact) mass is 389 g/mol. The first-order valence-electron chi connectivity index (χ1n) is 10.3. The Morgan fingerprint density at radius 3 is 2.76 bits per heavy atom. The molecule has 1 fully saturated rings. The zero-order valence-corrected chi connectivity index (χ0v) is 16.8. The smallest absolute Gasteiger partial charge is 0.274 e. The molecule has 6 nitrogen and oxygen atoms in total. The van der Waals surface area contributed by atoms with Crippen molar-refractivity contribution in [2.45, 2.75) is 38.8 Å². The Hall–Kier alpha value is -2.99. The Labute approximate surface area is 171 Å². The van der Waals surface area contributed by atoms with Crippen molar-refractivity contribution in [2.75, 3.05) is 13.1 Å². The summed E-state index contributed by atoms with van der Waals surface area (Å²) in [7, 11) is 0. The van der Waals surface area contributed by atoms with Gasteiger partial charge in [0.05, 0.1) is 17.9 Å². The van der Waals surface area contributed by atoms with Gasteiger partial charge in [-0.3, -0.25) is 9.78 Å². The van der Waals surface area contributed by atoms with Crippen LogP contribution in [-0.2, 0) is 6.54 Å². The van der Waals surface area contributed by atoms with E-state index in [0.29, 0.717) is 12.2 Å². The molecule has 1 saturated heterocycles. The number of nitrogens with one attached hydrogen (secondary N) is 1. The number of benzene rings is 1. The topological polar surface area (TPSA) is 63.1 Å². The zero-order valence-electron chi connectivity index (χ0n) is 16.8. The Morgan fingerprint density at radius 1 is 1.14 bits per heavy atom. The predicted octanol–water partition coefficient (Wildman–Crippen LogP) is 3.36. The SMILES string of the molecule is Cc1cc(C(=O)N(Cc2ccccn2)C2CCCNCC2)nn1-c1ccccc1. The van der Waals surface area contributed by atoms with Crippen LogP contribution in [0.4, 0.5) is 0 Å². The summed E-state index contributed by atoms with van der Waals surface area (Å²) in [6, 6.07) is 17.8. The normalized spacial score (nSPS) is 16.9. The average molecular weight is 390 g/mol. The third-order valence-electron chi connectivity index (χ3n) is 5.41. The van der Waals surface area contributed by atoms with Crippen molar-refractivity contribution in [1.29, 1.82) is 0 Å². The molecule has 1 aliphatic heterocycles.